The second-order valence-corrected chi connectivity index (χ2v) is 4.08. The number of aliphatic carboxylic acids is 1. The van der Waals surface area contributed by atoms with Crippen molar-refractivity contribution in [1.29, 1.82) is 0 Å². The van der Waals surface area contributed by atoms with E-state index in [9.17, 15) is 15.0 Å². The summed E-state index contributed by atoms with van der Waals surface area (Å²) in [5.41, 5.74) is -1.45. The first-order valence-electron chi connectivity index (χ1n) is 5.95. The van der Waals surface area contributed by atoms with Gasteiger partial charge in [-0.25, -0.2) is 4.79 Å². The van der Waals surface area contributed by atoms with E-state index in [1.54, 1.807) is 24.3 Å². The first-order valence-corrected chi connectivity index (χ1v) is 5.95. The Morgan fingerprint density at radius 1 is 1.33 bits per heavy atom. The number of rotatable bonds is 7. The van der Waals surface area contributed by atoms with E-state index in [0.717, 1.165) is 0 Å². The Labute approximate surface area is 106 Å². The van der Waals surface area contributed by atoms with Gasteiger partial charge in [0.1, 0.15) is 0 Å². The summed E-state index contributed by atoms with van der Waals surface area (Å²) in [6.07, 6.45) is 0.452. The Morgan fingerprint density at radius 3 is 2.39 bits per heavy atom. The number of benzene rings is 1. The van der Waals surface area contributed by atoms with Gasteiger partial charge in [-0.1, -0.05) is 25.1 Å². The molecule has 0 aliphatic carbocycles. The summed E-state index contributed by atoms with van der Waals surface area (Å²) in [6, 6.07) is 8.85. The lowest BCUT2D eigenvalue weighted by Gasteiger charge is -2.37. The van der Waals surface area contributed by atoms with Crippen LogP contribution in [0.5, 0.6) is 0 Å². The van der Waals surface area contributed by atoms with E-state index >= 15 is 0 Å². The number of carboxylic acids is 1. The first kappa shape index (κ1) is 14.5. The van der Waals surface area contributed by atoms with Crippen molar-refractivity contribution in [3.05, 3.63) is 30.3 Å². The zero-order chi connectivity index (χ0) is 13.6. The zero-order valence-corrected chi connectivity index (χ0v) is 10.4. The van der Waals surface area contributed by atoms with Crippen molar-refractivity contribution in [2.24, 2.45) is 0 Å². The number of aliphatic hydroxyl groups excluding tert-OH is 1. The smallest absolute Gasteiger partial charge is 0.357 e. The Hall–Kier alpha value is -1.59. The van der Waals surface area contributed by atoms with Gasteiger partial charge in [0, 0.05) is 25.3 Å². The molecule has 1 aromatic rings. The van der Waals surface area contributed by atoms with E-state index in [1.807, 2.05) is 13.0 Å². The monoisotopic (exact) mass is 253 g/mol. The topological polar surface area (TPSA) is 81.0 Å². The van der Waals surface area contributed by atoms with E-state index in [1.165, 1.54) is 4.90 Å². The van der Waals surface area contributed by atoms with E-state index < -0.39 is 18.3 Å². The molecule has 0 radical (unpaired) electrons. The van der Waals surface area contributed by atoms with Crippen molar-refractivity contribution in [1.82, 2.24) is 0 Å². The molecule has 18 heavy (non-hydrogen) atoms. The first-order chi connectivity index (χ1) is 8.56. The van der Waals surface area contributed by atoms with Crippen LogP contribution in [0.3, 0.4) is 0 Å². The third-order valence-corrected chi connectivity index (χ3v) is 2.76. The number of para-hydroxylation sites is 1. The van der Waals surface area contributed by atoms with Crippen LogP contribution in [0.15, 0.2) is 30.3 Å². The average Bonchev–Trinajstić information content (AvgIpc) is 2.37. The van der Waals surface area contributed by atoms with Crippen LogP contribution in [0.2, 0.25) is 0 Å². The lowest BCUT2D eigenvalue weighted by molar-refractivity contribution is -0.160. The summed E-state index contributed by atoms with van der Waals surface area (Å²) in [5.74, 6) is -1.35. The van der Waals surface area contributed by atoms with E-state index in [4.69, 9.17) is 5.11 Å². The minimum atomic E-state index is -2.08. The molecule has 0 bridgehead atoms. The highest BCUT2D eigenvalue weighted by atomic mass is 16.4. The van der Waals surface area contributed by atoms with E-state index in [0.29, 0.717) is 18.7 Å². The van der Waals surface area contributed by atoms with Crippen molar-refractivity contribution in [2.75, 3.05) is 18.1 Å². The van der Waals surface area contributed by atoms with E-state index in [2.05, 4.69) is 0 Å². The van der Waals surface area contributed by atoms with Gasteiger partial charge >= 0.3 is 5.97 Å². The average molecular weight is 253 g/mol. The van der Waals surface area contributed by atoms with Gasteiger partial charge in [0.25, 0.3) is 0 Å². The summed E-state index contributed by atoms with van der Waals surface area (Å²) in [4.78, 5) is 12.7. The fourth-order valence-electron chi connectivity index (χ4n) is 1.87. The number of aliphatic hydroxyl groups is 2. The van der Waals surface area contributed by atoms with Gasteiger partial charge in [0.05, 0.1) is 0 Å². The van der Waals surface area contributed by atoms with Crippen LogP contribution in [0.4, 0.5) is 5.69 Å². The van der Waals surface area contributed by atoms with Crippen molar-refractivity contribution in [3.63, 3.8) is 0 Å². The number of carbonyl (C=O) groups is 1. The third kappa shape index (κ3) is 3.00. The Balaban J connectivity index is 3.13. The van der Waals surface area contributed by atoms with Crippen molar-refractivity contribution in [2.45, 2.75) is 25.5 Å². The molecule has 1 atom stereocenters. The minimum absolute atomic E-state index is 0.239. The quantitative estimate of drug-likeness (QED) is 0.633. The highest BCUT2D eigenvalue weighted by Gasteiger charge is 2.41. The number of carboxylic acid groups (broad SMARTS) is 1. The van der Waals surface area contributed by atoms with Crippen LogP contribution in [-0.4, -0.2) is 40.2 Å². The predicted octanol–water partition coefficient (Wildman–Crippen LogP) is 1.06. The van der Waals surface area contributed by atoms with Crippen LogP contribution in [0, 0.1) is 0 Å². The molecule has 0 saturated heterocycles. The Kier molecular flexibility index (Phi) is 5.12. The number of hydrogen-bond donors (Lipinski definition) is 3. The molecular formula is C13H19NO4. The summed E-state index contributed by atoms with van der Waals surface area (Å²) in [6.45, 7) is 1.90. The number of anilines is 1. The second-order valence-electron chi connectivity index (χ2n) is 4.08. The lowest BCUT2D eigenvalue weighted by atomic mass is 10.1. The van der Waals surface area contributed by atoms with Gasteiger partial charge in [-0.15, -0.1) is 0 Å². The van der Waals surface area contributed by atoms with Gasteiger partial charge in [0.15, 0.2) is 0 Å². The van der Waals surface area contributed by atoms with Crippen LogP contribution >= 0.6 is 0 Å². The van der Waals surface area contributed by atoms with Crippen molar-refractivity contribution < 1.29 is 20.1 Å². The van der Waals surface area contributed by atoms with Gasteiger partial charge in [-0.2, -0.15) is 0 Å². The highest BCUT2D eigenvalue weighted by Crippen LogP contribution is 2.25. The van der Waals surface area contributed by atoms with Gasteiger partial charge in [0.2, 0.25) is 5.72 Å². The molecule has 0 aromatic heterocycles. The second kappa shape index (κ2) is 6.37. The molecule has 1 aromatic carbocycles. The maximum atomic E-state index is 11.3. The van der Waals surface area contributed by atoms with Crippen LogP contribution in [0.1, 0.15) is 19.8 Å². The Bertz CT molecular complexity index is 382. The molecule has 0 spiro atoms. The molecule has 0 fully saturated rings. The van der Waals surface area contributed by atoms with Gasteiger partial charge < -0.3 is 20.2 Å². The molecule has 3 N–H and O–H groups in total. The summed E-state index contributed by atoms with van der Waals surface area (Å²) < 4.78 is 0. The summed E-state index contributed by atoms with van der Waals surface area (Å²) in [5, 5.41) is 28.5. The minimum Gasteiger partial charge on any atom is -0.478 e. The summed E-state index contributed by atoms with van der Waals surface area (Å²) >= 11 is 0. The lowest BCUT2D eigenvalue weighted by Crippen LogP contribution is -2.56. The van der Waals surface area contributed by atoms with Crippen molar-refractivity contribution in [3.8, 4) is 0 Å². The largest absolute Gasteiger partial charge is 0.478 e. The normalized spacial score (nSPS) is 13.9. The van der Waals surface area contributed by atoms with Crippen LogP contribution < -0.4 is 4.90 Å². The zero-order valence-electron chi connectivity index (χ0n) is 10.4. The molecule has 0 aliphatic rings. The number of hydrogen-bond acceptors (Lipinski definition) is 4. The molecule has 0 saturated carbocycles. The highest BCUT2D eigenvalue weighted by molar-refractivity contribution is 5.81. The molecule has 5 heteroatoms. The summed E-state index contributed by atoms with van der Waals surface area (Å²) in [7, 11) is 0. The SMILES string of the molecule is CCCN(c1ccccc1)[C@@](O)(CCO)C(=O)O. The molecule has 0 heterocycles. The molecule has 1 rings (SSSR count). The van der Waals surface area contributed by atoms with Crippen LogP contribution in [-0.2, 0) is 4.79 Å². The van der Waals surface area contributed by atoms with E-state index in [-0.39, 0.29) is 6.42 Å². The van der Waals surface area contributed by atoms with Gasteiger partial charge in [-0.3, -0.25) is 0 Å². The molecule has 100 valence electrons. The standard InChI is InChI=1S/C13H19NO4/c1-2-9-14(11-6-4-3-5-7-11)13(18,8-10-15)12(16)17/h3-7,15,18H,2,8-10H2,1H3,(H,16,17)/t13-/m1/s1. The predicted molar refractivity (Wildman–Crippen MR) is 68.4 cm³/mol. The maximum Gasteiger partial charge on any atom is 0.357 e. The molecule has 0 unspecified atom stereocenters. The molecular weight excluding hydrogens is 234 g/mol. The third-order valence-electron chi connectivity index (χ3n) is 2.76. The Morgan fingerprint density at radius 2 is 1.94 bits per heavy atom. The van der Waals surface area contributed by atoms with Gasteiger partial charge in [-0.05, 0) is 18.6 Å². The molecule has 5 nitrogen and oxygen atoms in total. The number of nitrogens with zero attached hydrogens (tertiary/aromatic N) is 1. The van der Waals surface area contributed by atoms with Crippen LogP contribution in [0.25, 0.3) is 0 Å². The maximum absolute atomic E-state index is 11.3. The fourth-order valence-corrected chi connectivity index (χ4v) is 1.87. The fraction of sp³-hybridized carbons (Fsp3) is 0.462. The van der Waals surface area contributed by atoms with Crippen molar-refractivity contribution >= 4 is 11.7 Å². The molecule has 0 amide bonds. The molecule has 0 aliphatic heterocycles.